The average Bonchev–Trinajstić information content (AvgIpc) is 3.24. The van der Waals surface area contributed by atoms with Crippen LogP contribution in [0.3, 0.4) is 0 Å². The van der Waals surface area contributed by atoms with Gasteiger partial charge in [0.25, 0.3) is 0 Å². The molecule has 0 amide bonds. The van der Waals surface area contributed by atoms with E-state index in [0.717, 1.165) is 23.5 Å². The van der Waals surface area contributed by atoms with E-state index in [1.807, 2.05) is 6.07 Å². The van der Waals surface area contributed by atoms with Gasteiger partial charge in [0.05, 0.1) is 17.3 Å². The van der Waals surface area contributed by atoms with E-state index >= 15 is 0 Å². The van der Waals surface area contributed by atoms with Gasteiger partial charge in [0.1, 0.15) is 0 Å². The maximum absolute atomic E-state index is 5.72. The van der Waals surface area contributed by atoms with Crippen LogP contribution in [0.15, 0.2) is 30.3 Å². The number of aryl methyl sites for hydroxylation is 1. The number of pyridine rings is 1. The van der Waals surface area contributed by atoms with Crippen molar-refractivity contribution in [3.63, 3.8) is 0 Å². The molecule has 2 aromatic rings. The molecule has 0 radical (unpaired) electrons. The van der Waals surface area contributed by atoms with Crippen molar-refractivity contribution in [1.82, 2.24) is 10.4 Å². The van der Waals surface area contributed by atoms with E-state index in [-0.39, 0.29) is 6.04 Å². The lowest BCUT2D eigenvalue weighted by Gasteiger charge is -2.16. The van der Waals surface area contributed by atoms with Crippen LogP contribution >= 0.6 is 0 Å². The van der Waals surface area contributed by atoms with E-state index in [1.54, 1.807) is 0 Å². The van der Waals surface area contributed by atoms with Gasteiger partial charge in [0.15, 0.2) is 0 Å². The van der Waals surface area contributed by atoms with Crippen LogP contribution < -0.4 is 11.3 Å². The number of hydrogen-bond donors (Lipinski definition) is 2. The molecule has 1 aliphatic rings. The summed E-state index contributed by atoms with van der Waals surface area (Å²) in [6.45, 7) is 2.14. The molecule has 0 saturated heterocycles. The summed E-state index contributed by atoms with van der Waals surface area (Å²) in [6.07, 6.45) is 5.11. The number of nitrogens with two attached hydrogens (primary N) is 1. The standard InChI is InChI=1S/C16H21N3/c1-11-10-16(15(19-17)9-8-12-6-7-12)18-14-5-3-2-4-13(11)14/h2-5,10,12,15,19H,6-9,17H2,1H3. The molecule has 3 heteroatoms. The van der Waals surface area contributed by atoms with Gasteiger partial charge in [-0.25, -0.2) is 0 Å². The number of benzene rings is 1. The molecule has 3 N–H and O–H groups in total. The molecule has 19 heavy (non-hydrogen) atoms. The summed E-state index contributed by atoms with van der Waals surface area (Å²) in [6, 6.07) is 10.6. The summed E-state index contributed by atoms with van der Waals surface area (Å²) in [5, 5.41) is 1.23. The number of fused-ring (bicyclic) bond motifs is 1. The van der Waals surface area contributed by atoms with Crippen LogP contribution in [0.2, 0.25) is 0 Å². The molecule has 1 aromatic heterocycles. The Kier molecular flexibility index (Phi) is 3.49. The van der Waals surface area contributed by atoms with Gasteiger partial charge in [-0.15, -0.1) is 0 Å². The second-order valence-electron chi connectivity index (χ2n) is 5.62. The van der Waals surface area contributed by atoms with Crippen LogP contribution in [-0.4, -0.2) is 4.98 Å². The van der Waals surface area contributed by atoms with Crippen molar-refractivity contribution < 1.29 is 0 Å². The van der Waals surface area contributed by atoms with Gasteiger partial charge in [-0.1, -0.05) is 31.0 Å². The average molecular weight is 255 g/mol. The number of aromatic nitrogens is 1. The third kappa shape index (κ3) is 2.77. The number of hydrazine groups is 1. The fourth-order valence-corrected chi connectivity index (χ4v) is 2.68. The smallest absolute Gasteiger partial charge is 0.0708 e. The lowest BCUT2D eigenvalue weighted by atomic mass is 10.0. The van der Waals surface area contributed by atoms with Crippen LogP contribution in [0, 0.1) is 12.8 Å². The highest BCUT2D eigenvalue weighted by Gasteiger charge is 2.23. The highest BCUT2D eigenvalue weighted by atomic mass is 15.2. The van der Waals surface area contributed by atoms with E-state index < -0.39 is 0 Å². The molecule has 1 aromatic carbocycles. The zero-order chi connectivity index (χ0) is 13.2. The van der Waals surface area contributed by atoms with E-state index in [0.29, 0.717) is 0 Å². The third-order valence-electron chi connectivity index (χ3n) is 4.06. The zero-order valence-corrected chi connectivity index (χ0v) is 11.4. The topological polar surface area (TPSA) is 50.9 Å². The van der Waals surface area contributed by atoms with Gasteiger partial charge < -0.3 is 0 Å². The lowest BCUT2D eigenvalue weighted by Crippen LogP contribution is -2.28. The van der Waals surface area contributed by atoms with Gasteiger partial charge in [0, 0.05) is 5.39 Å². The maximum Gasteiger partial charge on any atom is 0.0708 e. The van der Waals surface area contributed by atoms with Crippen LogP contribution in [0.25, 0.3) is 10.9 Å². The molecule has 0 spiro atoms. The van der Waals surface area contributed by atoms with Crippen molar-refractivity contribution in [3.8, 4) is 0 Å². The molecular weight excluding hydrogens is 234 g/mol. The molecular formula is C16H21N3. The van der Waals surface area contributed by atoms with Crippen LogP contribution in [0.5, 0.6) is 0 Å². The molecule has 3 nitrogen and oxygen atoms in total. The van der Waals surface area contributed by atoms with Gasteiger partial charge in [-0.3, -0.25) is 16.3 Å². The first-order valence-corrected chi connectivity index (χ1v) is 7.10. The summed E-state index contributed by atoms with van der Waals surface area (Å²) in [7, 11) is 0. The van der Waals surface area contributed by atoms with E-state index in [4.69, 9.17) is 10.8 Å². The minimum absolute atomic E-state index is 0.170. The van der Waals surface area contributed by atoms with E-state index in [1.165, 1.54) is 30.2 Å². The fraction of sp³-hybridized carbons (Fsp3) is 0.438. The summed E-state index contributed by atoms with van der Waals surface area (Å²) in [4.78, 5) is 4.76. The molecule has 0 bridgehead atoms. The minimum Gasteiger partial charge on any atom is -0.271 e. The molecule has 1 fully saturated rings. The Morgan fingerprint density at radius 2 is 2.16 bits per heavy atom. The second-order valence-corrected chi connectivity index (χ2v) is 5.62. The quantitative estimate of drug-likeness (QED) is 0.637. The molecule has 1 heterocycles. The maximum atomic E-state index is 5.72. The van der Waals surface area contributed by atoms with E-state index in [2.05, 4.69) is 36.6 Å². The molecule has 3 rings (SSSR count). The number of nitrogens with one attached hydrogen (secondary N) is 1. The first kappa shape index (κ1) is 12.6. The monoisotopic (exact) mass is 255 g/mol. The van der Waals surface area contributed by atoms with Crippen LogP contribution in [0.1, 0.15) is 43.0 Å². The van der Waals surface area contributed by atoms with Gasteiger partial charge in [-0.05, 0) is 43.4 Å². The van der Waals surface area contributed by atoms with Crippen LogP contribution in [0.4, 0.5) is 0 Å². The number of hydrogen-bond acceptors (Lipinski definition) is 3. The highest BCUT2D eigenvalue weighted by molar-refractivity contribution is 5.82. The lowest BCUT2D eigenvalue weighted by molar-refractivity contribution is 0.473. The van der Waals surface area contributed by atoms with Crippen molar-refractivity contribution >= 4 is 10.9 Å². The Bertz CT molecular complexity index is 575. The molecule has 1 aliphatic carbocycles. The Morgan fingerprint density at radius 3 is 2.89 bits per heavy atom. The Morgan fingerprint density at radius 1 is 1.37 bits per heavy atom. The Balaban J connectivity index is 1.88. The third-order valence-corrected chi connectivity index (χ3v) is 4.06. The largest absolute Gasteiger partial charge is 0.271 e. The predicted molar refractivity (Wildman–Crippen MR) is 78.5 cm³/mol. The van der Waals surface area contributed by atoms with Crippen LogP contribution in [-0.2, 0) is 0 Å². The van der Waals surface area contributed by atoms with Crippen molar-refractivity contribution in [1.29, 1.82) is 0 Å². The van der Waals surface area contributed by atoms with Crippen molar-refractivity contribution in [3.05, 3.63) is 41.6 Å². The van der Waals surface area contributed by atoms with Gasteiger partial charge in [-0.2, -0.15) is 0 Å². The van der Waals surface area contributed by atoms with Crippen molar-refractivity contribution in [2.75, 3.05) is 0 Å². The Hall–Kier alpha value is -1.45. The SMILES string of the molecule is Cc1cc(C(CCC2CC2)NN)nc2ccccc12. The summed E-state index contributed by atoms with van der Waals surface area (Å²) in [5.74, 6) is 6.64. The van der Waals surface area contributed by atoms with Crippen molar-refractivity contribution in [2.45, 2.75) is 38.6 Å². The summed E-state index contributed by atoms with van der Waals surface area (Å²) < 4.78 is 0. The molecule has 0 aliphatic heterocycles. The minimum atomic E-state index is 0.170. The van der Waals surface area contributed by atoms with Crippen molar-refractivity contribution in [2.24, 2.45) is 11.8 Å². The van der Waals surface area contributed by atoms with Gasteiger partial charge in [0.2, 0.25) is 0 Å². The predicted octanol–water partition coefficient (Wildman–Crippen LogP) is 3.24. The fourth-order valence-electron chi connectivity index (χ4n) is 2.68. The Labute approximate surface area is 114 Å². The number of nitrogens with zero attached hydrogens (tertiary/aromatic N) is 1. The molecule has 100 valence electrons. The highest BCUT2D eigenvalue weighted by Crippen LogP contribution is 2.35. The second kappa shape index (κ2) is 5.27. The zero-order valence-electron chi connectivity index (χ0n) is 11.4. The molecule has 1 atom stereocenters. The van der Waals surface area contributed by atoms with E-state index in [9.17, 15) is 0 Å². The van der Waals surface area contributed by atoms with Gasteiger partial charge >= 0.3 is 0 Å². The first-order chi connectivity index (χ1) is 9.28. The number of rotatable bonds is 5. The summed E-state index contributed by atoms with van der Waals surface area (Å²) in [5.41, 5.74) is 6.33. The number of para-hydroxylation sites is 1. The summed E-state index contributed by atoms with van der Waals surface area (Å²) >= 11 is 0. The molecule has 1 unspecified atom stereocenters. The first-order valence-electron chi connectivity index (χ1n) is 7.10. The molecule has 1 saturated carbocycles. The normalized spacial score (nSPS) is 16.7.